The zero-order chi connectivity index (χ0) is 19.4. The van der Waals surface area contributed by atoms with E-state index in [4.69, 9.17) is 4.74 Å². The molecule has 0 radical (unpaired) electrons. The standard InChI is InChI=1S/C21H28N4O2/c1-13-18(23-24-25(13)15-7-6-8-16(12-15)27-5)19(26)22-17-11-14-9-10-21(17,4)20(14,2)3/h6-8,12,14,17H,9-11H2,1-5H3,(H,22,26)/t14-,17-,21-/m1/s1. The highest BCUT2D eigenvalue weighted by Crippen LogP contribution is 2.65. The summed E-state index contributed by atoms with van der Waals surface area (Å²) < 4.78 is 6.96. The van der Waals surface area contributed by atoms with Gasteiger partial charge in [0.15, 0.2) is 5.69 Å². The van der Waals surface area contributed by atoms with Crippen LogP contribution in [0.5, 0.6) is 5.75 Å². The molecule has 2 aliphatic carbocycles. The van der Waals surface area contributed by atoms with Crippen molar-refractivity contribution in [2.75, 3.05) is 7.11 Å². The van der Waals surface area contributed by atoms with E-state index in [-0.39, 0.29) is 22.8 Å². The fraction of sp³-hybridized carbons (Fsp3) is 0.571. The van der Waals surface area contributed by atoms with Crippen molar-refractivity contribution in [3.63, 3.8) is 0 Å². The Kier molecular flexibility index (Phi) is 4.05. The first kappa shape index (κ1) is 18.0. The van der Waals surface area contributed by atoms with Gasteiger partial charge in [-0.15, -0.1) is 5.10 Å². The molecule has 1 N–H and O–H groups in total. The summed E-state index contributed by atoms with van der Waals surface area (Å²) in [7, 11) is 1.63. The Morgan fingerprint density at radius 2 is 2.11 bits per heavy atom. The van der Waals surface area contributed by atoms with Gasteiger partial charge >= 0.3 is 0 Å². The molecule has 0 spiro atoms. The molecule has 2 saturated carbocycles. The minimum Gasteiger partial charge on any atom is -0.497 e. The number of ether oxygens (including phenoxy) is 1. The van der Waals surface area contributed by atoms with Crippen molar-refractivity contribution in [1.29, 1.82) is 0 Å². The first-order valence-corrected chi connectivity index (χ1v) is 9.65. The van der Waals surface area contributed by atoms with Crippen LogP contribution in [0.3, 0.4) is 0 Å². The van der Waals surface area contributed by atoms with Gasteiger partial charge in [0.2, 0.25) is 0 Å². The van der Waals surface area contributed by atoms with Crippen molar-refractivity contribution in [2.45, 2.75) is 53.0 Å². The van der Waals surface area contributed by atoms with Crippen molar-refractivity contribution < 1.29 is 9.53 Å². The Morgan fingerprint density at radius 3 is 2.74 bits per heavy atom. The van der Waals surface area contributed by atoms with Crippen molar-refractivity contribution in [2.24, 2.45) is 16.7 Å². The number of nitrogens with one attached hydrogen (secondary N) is 1. The number of carbonyl (C=O) groups excluding carboxylic acids is 1. The molecule has 144 valence electrons. The number of aromatic nitrogens is 3. The van der Waals surface area contributed by atoms with Gasteiger partial charge in [-0.05, 0) is 55.1 Å². The predicted octanol–water partition coefficient (Wildman–Crippen LogP) is 3.53. The third kappa shape index (κ3) is 2.57. The highest BCUT2D eigenvalue weighted by Gasteiger charge is 2.61. The van der Waals surface area contributed by atoms with Crippen LogP contribution in [0.25, 0.3) is 5.69 Å². The second-order valence-corrected chi connectivity index (χ2v) is 8.77. The zero-order valence-electron chi connectivity index (χ0n) is 16.7. The second kappa shape index (κ2) is 6.08. The summed E-state index contributed by atoms with van der Waals surface area (Å²) in [6.45, 7) is 8.90. The number of rotatable bonds is 4. The molecule has 2 aliphatic rings. The number of hydrogen-bond acceptors (Lipinski definition) is 4. The fourth-order valence-electron chi connectivity index (χ4n) is 5.18. The Morgan fingerprint density at radius 1 is 1.33 bits per heavy atom. The molecule has 0 aliphatic heterocycles. The number of benzene rings is 1. The Hall–Kier alpha value is -2.37. The molecule has 1 amide bonds. The summed E-state index contributed by atoms with van der Waals surface area (Å²) >= 11 is 0. The van der Waals surface area contributed by atoms with E-state index in [2.05, 4.69) is 36.4 Å². The first-order valence-electron chi connectivity index (χ1n) is 9.65. The van der Waals surface area contributed by atoms with Gasteiger partial charge in [0.25, 0.3) is 5.91 Å². The van der Waals surface area contributed by atoms with Crippen LogP contribution in [0.15, 0.2) is 24.3 Å². The van der Waals surface area contributed by atoms with E-state index in [9.17, 15) is 4.79 Å². The monoisotopic (exact) mass is 368 g/mol. The lowest BCUT2D eigenvalue weighted by molar-refractivity contribution is 0.0821. The van der Waals surface area contributed by atoms with E-state index in [0.29, 0.717) is 11.6 Å². The first-order chi connectivity index (χ1) is 12.8. The van der Waals surface area contributed by atoms with Crippen LogP contribution >= 0.6 is 0 Å². The molecule has 0 unspecified atom stereocenters. The molecule has 2 fully saturated rings. The molecule has 6 nitrogen and oxygen atoms in total. The quantitative estimate of drug-likeness (QED) is 0.896. The minimum atomic E-state index is -0.128. The predicted molar refractivity (Wildman–Crippen MR) is 103 cm³/mol. The number of nitrogens with zero attached hydrogens (tertiary/aromatic N) is 3. The van der Waals surface area contributed by atoms with E-state index in [1.54, 1.807) is 11.8 Å². The summed E-state index contributed by atoms with van der Waals surface area (Å²) in [6, 6.07) is 7.77. The maximum Gasteiger partial charge on any atom is 0.274 e. The van der Waals surface area contributed by atoms with E-state index in [0.717, 1.165) is 23.6 Å². The molecule has 2 bridgehead atoms. The number of carbonyl (C=O) groups is 1. The summed E-state index contributed by atoms with van der Waals surface area (Å²) in [5.74, 6) is 1.29. The number of hydrogen-bond donors (Lipinski definition) is 1. The molecule has 0 saturated heterocycles. The van der Waals surface area contributed by atoms with Gasteiger partial charge in [0, 0.05) is 12.1 Å². The SMILES string of the molecule is COc1cccc(-n2nnc(C(=O)N[C@@H]3C[C@H]4CC[C@@]3(C)C4(C)C)c2C)c1. The average Bonchev–Trinajstić information content (AvgIpc) is 3.20. The van der Waals surface area contributed by atoms with Crippen LogP contribution < -0.4 is 10.1 Å². The molecule has 4 rings (SSSR count). The van der Waals surface area contributed by atoms with Crippen LogP contribution in [0.2, 0.25) is 0 Å². The van der Waals surface area contributed by atoms with Gasteiger partial charge in [-0.1, -0.05) is 32.1 Å². The summed E-state index contributed by atoms with van der Waals surface area (Å²) in [6.07, 6.45) is 3.49. The zero-order valence-corrected chi connectivity index (χ0v) is 16.7. The second-order valence-electron chi connectivity index (χ2n) is 8.77. The van der Waals surface area contributed by atoms with Gasteiger partial charge < -0.3 is 10.1 Å². The molecule has 1 aromatic carbocycles. The van der Waals surface area contributed by atoms with Gasteiger partial charge in [0.1, 0.15) is 5.75 Å². The highest BCUT2D eigenvalue weighted by molar-refractivity contribution is 5.93. The number of fused-ring (bicyclic) bond motifs is 2. The molecule has 27 heavy (non-hydrogen) atoms. The molecule has 6 heteroatoms. The lowest BCUT2D eigenvalue weighted by atomic mass is 9.69. The molecule has 2 aromatic rings. The number of methoxy groups -OCH3 is 1. The van der Waals surface area contributed by atoms with Gasteiger partial charge in [-0.25, -0.2) is 4.68 Å². The fourth-order valence-corrected chi connectivity index (χ4v) is 5.18. The minimum absolute atomic E-state index is 0.128. The van der Waals surface area contributed by atoms with Crippen molar-refractivity contribution in [3.8, 4) is 11.4 Å². The van der Waals surface area contributed by atoms with Crippen LogP contribution in [0, 0.1) is 23.7 Å². The summed E-state index contributed by atoms with van der Waals surface area (Å²) in [5.41, 5.74) is 2.35. The molecule has 1 heterocycles. The maximum absolute atomic E-state index is 13.0. The van der Waals surface area contributed by atoms with E-state index >= 15 is 0 Å². The van der Waals surface area contributed by atoms with Crippen LogP contribution in [0.4, 0.5) is 0 Å². The largest absolute Gasteiger partial charge is 0.497 e. The Labute approximate surface area is 160 Å². The maximum atomic E-state index is 13.0. The third-order valence-electron chi connectivity index (χ3n) is 7.51. The van der Waals surface area contributed by atoms with Crippen LogP contribution in [-0.4, -0.2) is 34.1 Å². The Bertz CT molecular complexity index is 888. The Balaban J connectivity index is 1.57. The van der Waals surface area contributed by atoms with Gasteiger partial charge in [0.05, 0.1) is 18.5 Å². The van der Waals surface area contributed by atoms with Gasteiger partial charge in [-0.2, -0.15) is 0 Å². The van der Waals surface area contributed by atoms with Gasteiger partial charge in [-0.3, -0.25) is 4.79 Å². The number of amides is 1. The topological polar surface area (TPSA) is 69.0 Å². The lowest BCUT2D eigenvalue weighted by Crippen LogP contribution is -2.47. The lowest BCUT2D eigenvalue weighted by Gasteiger charge is -2.39. The van der Waals surface area contributed by atoms with Crippen LogP contribution in [-0.2, 0) is 0 Å². The van der Waals surface area contributed by atoms with E-state index < -0.39 is 0 Å². The average molecular weight is 368 g/mol. The summed E-state index contributed by atoms with van der Waals surface area (Å²) in [4.78, 5) is 13.0. The van der Waals surface area contributed by atoms with E-state index in [1.165, 1.54) is 12.8 Å². The van der Waals surface area contributed by atoms with Crippen molar-refractivity contribution >= 4 is 5.91 Å². The smallest absolute Gasteiger partial charge is 0.274 e. The molecule has 1 aromatic heterocycles. The van der Waals surface area contributed by atoms with E-state index in [1.807, 2.05) is 31.2 Å². The normalized spacial score (nSPS) is 28.3. The van der Waals surface area contributed by atoms with Crippen molar-refractivity contribution in [3.05, 3.63) is 35.7 Å². The molecule has 3 atom stereocenters. The molecular weight excluding hydrogens is 340 g/mol. The highest BCUT2D eigenvalue weighted by atomic mass is 16.5. The molecular formula is C21H28N4O2. The van der Waals surface area contributed by atoms with Crippen LogP contribution in [0.1, 0.15) is 56.2 Å². The third-order valence-corrected chi connectivity index (χ3v) is 7.51. The van der Waals surface area contributed by atoms with Crippen molar-refractivity contribution in [1.82, 2.24) is 20.3 Å². The summed E-state index contributed by atoms with van der Waals surface area (Å²) in [5, 5.41) is 11.6.